The molecule has 72 valence electrons. The van der Waals surface area contributed by atoms with Crippen molar-refractivity contribution >= 4 is 0 Å². The van der Waals surface area contributed by atoms with Crippen LogP contribution >= 0.6 is 0 Å². The predicted molar refractivity (Wildman–Crippen MR) is 35.5 cm³/mol. The minimum atomic E-state index is -4.41. The van der Waals surface area contributed by atoms with Gasteiger partial charge in [0.15, 0.2) is 0 Å². The van der Waals surface area contributed by atoms with Gasteiger partial charge in [-0.05, 0) is 6.92 Å². The van der Waals surface area contributed by atoms with Gasteiger partial charge in [-0.2, -0.15) is 13.2 Å². The van der Waals surface area contributed by atoms with Crippen molar-refractivity contribution in [3.8, 4) is 0 Å². The van der Waals surface area contributed by atoms with Crippen molar-refractivity contribution in [3.05, 3.63) is 0 Å². The third-order valence-corrected chi connectivity index (χ3v) is 1.92. The topological polar surface area (TPSA) is 18.5 Å². The Labute approximate surface area is 68.6 Å². The standard InChI is InChI=1S/C7H11F3O2/c1-4-3-11-6(7(8,9)10)12-5(4)2/h4-6H,3H2,1-2H3. The van der Waals surface area contributed by atoms with E-state index in [0.717, 1.165) is 0 Å². The molecule has 0 saturated carbocycles. The first-order chi connectivity index (χ1) is 5.41. The molecule has 0 radical (unpaired) electrons. The Bertz CT molecular complexity index is 157. The first kappa shape index (κ1) is 9.80. The highest BCUT2D eigenvalue weighted by Crippen LogP contribution is 2.29. The summed E-state index contributed by atoms with van der Waals surface area (Å²) in [6.07, 6.45) is -6.84. The number of hydrogen-bond donors (Lipinski definition) is 0. The number of hydrogen-bond acceptors (Lipinski definition) is 2. The molecule has 2 nitrogen and oxygen atoms in total. The van der Waals surface area contributed by atoms with E-state index in [-0.39, 0.29) is 12.5 Å². The molecule has 1 heterocycles. The van der Waals surface area contributed by atoms with Crippen molar-refractivity contribution in [1.82, 2.24) is 0 Å². The van der Waals surface area contributed by atoms with E-state index >= 15 is 0 Å². The lowest BCUT2D eigenvalue weighted by Gasteiger charge is -2.33. The maximum absolute atomic E-state index is 12.0. The van der Waals surface area contributed by atoms with E-state index in [1.807, 2.05) is 0 Å². The third kappa shape index (κ3) is 2.10. The summed E-state index contributed by atoms with van der Waals surface area (Å²) in [7, 11) is 0. The van der Waals surface area contributed by atoms with Crippen LogP contribution in [0, 0.1) is 5.92 Å². The molecular formula is C7H11F3O2. The van der Waals surface area contributed by atoms with E-state index < -0.39 is 18.6 Å². The lowest BCUT2D eigenvalue weighted by molar-refractivity contribution is -0.348. The van der Waals surface area contributed by atoms with Gasteiger partial charge in [0.2, 0.25) is 0 Å². The quantitative estimate of drug-likeness (QED) is 0.572. The van der Waals surface area contributed by atoms with Gasteiger partial charge < -0.3 is 9.47 Å². The van der Waals surface area contributed by atoms with E-state index in [1.165, 1.54) is 0 Å². The number of rotatable bonds is 0. The second-order valence-electron chi connectivity index (χ2n) is 3.03. The van der Waals surface area contributed by atoms with Crippen molar-refractivity contribution in [2.24, 2.45) is 5.92 Å². The van der Waals surface area contributed by atoms with E-state index in [1.54, 1.807) is 13.8 Å². The second kappa shape index (κ2) is 3.22. The molecule has 5 heteroatoms. The van der Waals surface area contributed by atoms with E-state index in [9.17, 15) is 13.2 Å². The van der Waals surface area contributed by atoms with Crippen LogP contribution in [0.4, 0.5) is 13.2 Å². The summed E-state index contributed by atoms with van der Waals surface area (Å²) in [5, 5.41) is 0. The highest BCUT2D eigenvalue weighted by Gasteiger charge is 2.45. The summed E-state index contributed by atoms with van der Waals surface area (Å²) in [5.41, 5.74) is 0. The van der Waals surface area contributed by atoms with Crippen LogP contribution in [0.2, 0.25) is 0 Å². The molecule has 3 atom stereocenters. The molecule has 0 spiro atoms. The molecule has 0 aliphatic carbocycles. The Balaban J connectivity index is 2.51. The lowest BCUT2D eigenvalue weighted by atomic mass is 10.1. The lowest BCUT2D eigenvalue weighted by Crippen LogP contribution is -2.44. The average Bonchev–Trinajstić information content (AvgIpc) is 1.92. The molecule has 0 bridgehead atoms. The molecule has 0 N–H and O–H groups in total. The van der Waals surface area contributed by atoms with E-state index in [4.69, 9.17) is 0 Å². The zero-order valence-corrected chi connectivity index (χ0v) is 6.89. The Morgan fingerprint density at radius 3 is 2.25 bits per heavy atom. The number of ether oxygens (including phenoxy) is 2. The van der Waals surface area contributed by atoms with Gasteiger partial charge in [0.05, 0.1) is 12.7 Å². The zero-order chi connectivity index (χ0) is 9.35. The first-order valence-corrected chi connectivity index (χ1v) is 3.75. The molecule has 1 fully saturated rings. The fraction of sp³-hybridized carbons (Fsp3) is 1.00. The Morgan fingerprint density at radius 1 is 1.25 bits per heavy atom. The normalized spacial score (nSPS) is 38.2. The summed E-state index contributed by atoms with van der Waals surface area (Å²) in [4.78, 5) is 0. The molecule has 1 aliphatic heterocycles. The Morgan fingerprint density at radius 2 is 1.83 bits per heavy atom. The van der Waals surface area contributed by atoms with Crippen molar-refractivity contribution in [3.63, 3.8) is 0 Å². The van der Waals surface area contributed by atoms with Crippen LogP contribution in [0.1, 0.15) is 13.8 Å². The molecule has 1 rings (SSSR count). The summed E-state index contributed by atoms with van der Waals surface area (Å²) < 4.78 is 45.1. The van der Waals surface area contributed by atoms with Crippen molar-refractivity contribution in [2.75, 3.05) is 6.61 Å². The molecule has 0 aromatic heterocycles. The van der Waals surface area contributed by atoms with Crippen LogP contribution in [0.25, 0.3) is 0 Å². The zero-order valence-electron chi connectivity index (χ0n) is 6.89. The highest BCUT2D eigenvalue weighted by molar-refractivity contribution is 4.70. The van der Waals surface area contributed by atoms with Crippen molar-refractivity contribution in [1.29, 1.82) is 0 Å². The summed E-state index contributed by atoms with van der Waals surface area (Å²) in [6.45, 7) is 3.51. The first-order valence-electron chi connectivity index (χ1n) is 3.75. The molecule has 1 aliphatic rings. The molecule has 0 amide bonds. The molecule has 12 heavy (non-hydrogen) atoms. The maximum atomic E-state index is 12.0. The maximum Gasteiger partial charge on any atom is 0.440 e. The summed E-state index contributed by atoms with van der Waals surface area (Å²) >= 11 is 0. The van der Waals surface area contributed by atoms with Gasteiger partial charge in [-0.1, -0.05) is 6.92 Å². The number of halogens is 3. The van der Waals surface area contributed by atoms with Crippen LogP contribution < -0.4 is 0 Å². The van der Waals surface area contributed by atoms with Crippen molar-refractivity contribution < 1.29 is 22.6 Å². The predicted octanol–water partition coefficient (Wildman–Crippen LogP) is 1.95. The largest absolute Gasteiger partial charge is 0.440 e. The van der Waals surface area contributed by atoms with Gasteiger partial charge in [0.25, 0.3) is 6.29 Å². The average molecular weight is 184 g/mol. The minimum Gasteiger partial charge on any atom is -0.345 e. The Kier molecular flexibility index (Phi) is 2.63. The minimum absolute atomic E-state index is 0.0172. The van der Waals surface area contributed by atoms with Crippen LogP contribution in [-0.4, -0.2) is 25.2 Å². The monoisotopic (exact) mass is 184 g/mol. The van der Waals surface area contributed by atoms with Crippen LogP contribution in [0.15, 0.2) is 0 Å². The van der Waals surface area contributed by atoms with Crippen molar-refractivity contribution in [2.45, 2.75) is 32.4 Å². The fourth-order valence-corrected chi connectivity index (χ4v) is 0.915. The molecular weight excluding hydrogens is 173 g/mol. The van der Waals surface area contributed by atoms with Crippen LogP contribution in [0.5, 0.6) is 0 Å². The highest BCUT2D eigenvalue weighted by atomic mass is 19.4. The van der Waals surface area contributed by atoms with Gasteiger partial charge in [0, 0.05) is 5.92 Å². The molecule has 0 aromatic rings. The third-order valence-electron chi connectivity index (χ3n) is 1.92. The second-order valence-corrected chi connectivity index (χ2v) is 3.03. The molecule has 1 saturated heterocycles. The van der Waals surface area contributed by atoms with Gasteiger partial charge in [-0.25, -0.2) is 0 Å². The molecule has 0 aromatic carbocycles. The Hall–Kier alpha value is -0.290. The molecule has 3 unspecified atom stereocenters. The van der Waals surface area contributed by atoms with Gasteiger partial charge in [-0.15, -0.1) is 0 Å². The van der Waals surface area contributed by atoms with E-state index in [0.29, 0.717) is 0 Å². The van der Waals surface area contributed by atoms with Gasteiger partial charge >= 0.3 is 6.18 Å². The van der Waals surface area contributed by atoms with Gasteiger partial charge in [0.1, 0.15) is 0 Å². The number of alkyl halides is 3. The van der Waals surface area contributed by atoms with Crippen LogP contribution in [0.3, 0.4) is 0 Å². The van der Waals surface area contributed by atoms with E-state index in [2.05, 4.69) is 9.47 Å². The summed E-state index contributed by atoms with van der Waals surface area (Å²) in [6, 6.07) is 0. The fourth-order valence-electron chi connectivity index (χ4n) is 0.915. The van der Waals surface area contributed by atoms with Gasteiger partial charge in [-0.3, -0.25) is 0 Å². The van der Waals surface area contributed by atoms with Crippen LogP contribution in [-0.2, 0) is 9.47 Å². The summed E-state index contributed by atoms with van der Waals surface area (Å²) in [5.74, 6) is 0.0172. The SMILES string of the molecule is CC1COC(C(F)(F)F)OC1C. The smallest absolute Gasteiger partial charge is 0.345 e.